The second kappa shape index (κ2) is 6.10. The number of fused-ring (bicyclic) bond motifs is 1. The van der Waals surface area contributed by atoms with Crippen LogP contribution in [-0.4, -0.2) is 33.2 Å². The van der Waals surface area contributed by atoms with E-state index in [2.05, 4.69) is 11.4 Å². The Kier molecular flexibility index (Phi) is 4.00. The Morgan fingerprint density at radius 2 is 2.05 bits per heavy atom. The number of amides is 1. The molecule has 1 atom stereocenters. The number of nitrogens with one attached hydrogen (secondary N) is 1. The van der Waals surface area contributed by atoms with Crippen molar-refractivity contribution in [3.8, 4) is 5.75 Å². The molecule has 0 spiro atoms. The average molecular weight is 296 g/mol. The van der Waals surface area contributed by atoms with Crippen molar-refractivity contribution in [2.75, 3.05) is 32.1 Å². The van der Waals surface area contributed by atoms with Gasteiger partial charge >= 0.3 is 0 Å². The minimum absolute atomic E-state index is 0.0481. The van der Waals surface area contributed by atoms with Crippen LogP contribution in [0.1, 0.15) is 21.8 Å². The molecule has 0 aromatic heterocycles. The number of para-hydroxylation sites is 1. The van der Waals surface area contributed by atoms with Gasteiger partial charge in [0.25, 0.3) is 5.91 Å². The van der Waals surface area contributed by atoms with Crippen molar-refractivity contribution in [1.29, 1.82) is 0 Å². The summed E-state index contributed by atoms with van der Waals surface area (Å²) in [7, 11) is 3.92. The molecular weight excluding hydrogens is 276 g/mol. The van der Waals surface area contributed by atoms with Crippen molar-refractivity contribution in [1.82, 2.24) is 5.32 Å². The van der Waals surface area contributed by atoms with Crippen LogP contribution in [0.3, 0.4) is 0 Å². The Morgan fingerprint density at radius 3 is 2.86 bits per heavy atom. The molecule has 1 aliphatic heterocycles. The molecule has 0 saturated carbocycles. The summed E-state index contributed by atoms with van der Waals surface area (Å²) < 4.78 is 5.64. The van der Waals surface area contributed by atoms with Crippen LogP contribution >= 0.6 is 0 Å². The smallest absolute Gasteiger partial charge is 0.251 e. The summed E-state index contributed by atoms with van der Waals surface area (Å²) in [5.74, 6) is 1.10. The third-order valence-corrected chi connectivity index (χ3v) is 3.93. The van der Waals surface area contributed by atoms with Gasteiger partial charge in [0.1, 0.15) is 5.75 Å². The number of nitrogens with zero attached hydrogens (tertiary/aromatic N) is 1. The van der Waals surface area contributed by atoms with Crippen molar-refractivity contribution >= 4 is 11.6 Å². The number of hydrogen-bond donors (Lipinski definition) is 1. The molecule has 2 aromatic rings. The Balaban J connectivity index is 1.65. The highest BCUT2D eigenvalue weighted by Gasteiger charge is 2.24. The van der Waals surface area contributed by atoms with Crippen LogP contribution in [0.4, 0.5) is 5.69 Å². The van der Waals surface area contributed by atoms with E-state index in [4.69, 9.17) is 4.74 Å². The fraction of sp³-hybridized carbons (Fsp3) is 0.278. The fourth-order valence-corrected chi connectivity index (χ4v) is 2.64. The molecule has 4 heteroatoms. The lowest BCUT2D eigenvalue weighted by Crippen LogP contribution is -2.29. The van der Waals surface area contributed by atoms with Crippen LogP contribution in [0, 0.1) is 0 Å². The highest BCUT2D eigenvalue weighted by Crippen LogP contribution is 2.32. The molecular formula is C18H20N2O2. The third kappa shape index (κ3) is 2.91. The molecule has 4 nitrogen and oxygen atoms in total. The van der Waals surface area contributed by atoms with E-state index >= 15 is 0 Å². The lowest BCUT2D eigenvalue weighted by Gasteiger charge is -2.14. The maximum atomic E-state index is 12.3. The van der Waals surface area contributed by atoms with Gasteiger partial charge in [-0.1, -0.05) is 24.3 Å². The predicted molar refractivity (Wildman–Crippen MR) is 87.8 cm³/mol. The first kappa shape index (κ1) is 14.4. The van der Waals surface area contributed by atoms with Gasteiger partial charge in [-0.15, -0.1) is 0 Å². The third-order valence-electron chi connectivity index (χ3n) is 3.93. The van der Waals surface area contributed by atoms with Crippen LogP contribution in [0.25, 0.3) is 0 Å². The van der Waals surface area contributed by atoms with Gasteiger partial charge in [-0.25, -0.2) is 0 Å². The summed E-state index contributed by atoms with van der Waals surface area (Å²) in [5, 5.41) is 3.01. The molecule has 3 rings (SSSR count). The molecule has 0 bridgehead atoms. The molecule has 0 saturated heterocycles. The van der Waals surface area contributed by atoms with Gasteiger partial charge in [-0.3, -0.25) is 4.79 Å². The molecule has 1 heterocycles. The molecule has 0 radical (unpaired) electrons. The number of anilines is 1. The molecule has 22 heavy (non-hydrogen) atoms. The van der Waals surface area contributed by atoms with Crippen LogP contribution in [0.2, 0.25) is 0 Å². The maximum absolute atomic E-state index is 12.3. The minimum atomic E-state index is -0.0481. The van der Waals surface area contributed by atoms with E-state index in [-0.39, 0.29) is 11.8 Å². The molecule has 2 aromatic carbocycles. The summed E-state index contributed by atoms with van der Waals surface area (Å²) in [6.07, 6.45) is 0. The number of carbonyl (C=O) groups is 1. The monoisotopic (exact) mass is 296 g/mol. The highest BCUT2D eigenvalue weighted by molar-refractivity contribution is 5.95. The van der Waals surface area contributed by atoms with E-state index in [1.54, 1.807) is 0 Å². The highest BCUT2D eigenvalue weighted by atomic mass is 16.5. The Hall–Kier alpha value is -2.49. The first-order valence-corrected chi connectivity index (χ1v) is 7.42. The van der Waals surface area contributed by atoms with Crippen LogP contribution in [0.5, 0.6) is 5.75 Å². The molecule has 1 amide bonds. The predicted octanol–water partition coefficient (Wildman–Crippen LogP) is 2.66. The van der Waals surface area contributed by atoms with Gasteiger partial charge in [-0.2, -0.15) is 0 Å². The normalized spacial score (nSPS) is 15.8. The van der Waals surface area contributed by atoms with Gasteiger partial charge in [0, 0.05) is 43.4 Å². The summed E-state index contributed by atoms with van der Waals surface area (Å²) >= 11 is 0. The zero-order chi connectivity index (χ0) is 15.5. The van der Waals surface area contributed by atoms with Crippen LogP contribution in [0.15, 0.2) is 48.5 Å². The lowest BCUT2D eigenvalue weighted by molar-refractivity contribution is 0.0950. The Labute approximate surface area is 130 Å². The topological polar surface area (TPSA) is 41.6 Å². The number of hydrogen-bond acceptors (Lipinski definition) is 3. The summed E-state index contributed by atoms with van der Waals surface area (Å²) in [6.45, 7) is 1.21. The number of ether oxygens (including phenoxy) is 1. The molecule has 0 aliphatic carbocycles. The van der Waals surface area contributed by atoms with Crippen molar-refractivity contribution in [3.05, 3.63) is 59.7 Å². The first-order chi connectivity index (χ1) is 10.6. The van der Waals surface area contributed by atoms with Gasteiger partial charge in [-0.05, 0) is 24.3 Å². The molecule has 114 valence electrons. The van der Waals surface area contributed by atoms with E-state index in [0.29, 0.717) is 18.7 Å². The van der Waals surface area contributed by atoms with E-state index in [1.807, 2.05) is 61.5 Å². The second-order valence-electron chi connectivity index (χ2n) is 5.70. The second-order valence-corrected chi connectivity index (χ2v) is 5.70. The van der Waals surface area contributed by atoms with E-state index < -0.39 is 0 Å². The Morgan fingerprint density at radius 1 is 1.23 bits per heavy atom. The zero-order valence-corrected chi connectivity index (χ0v) is 12.9. The maximum Gasteiger partial charge on any atom is 0.251 e. The van der Waals surface area contributed by atoms with Crippen LogP contribution in [-0.2, 0) is 0 Å². The average Bonchev–Trinajstić information content (AvgIpc) is 2.96. The van der Waals surface area contributed by atoms with Gasteiger partial charge < -0.3 is 15.0 Å². The number of benzene rings is 2. The zero-order valence-electron chi connectivity index (χ0n) is 12.9. The van der Waals surface area contributed by atoms with E-state index in [0.717, 1.165) is 11.4 Å². The van der Waals surface area contributed by atoms with E-state index in [1.165, 1.54) is 5.56 Å². The van der Waals surface area contributed by atoms with Gasteiger partial charge in [0.2, 0.25) is 0 Å². The van der Waals surface area contributed by atoms with Crippen molar-refractivity contribution < 1.29 is 9.53 Å². The summed E-state index contributed by atoms with van der Waals surface area (Å²) in [5.41, 5.74) is 2.87. The Bertz CT molecular complexity index is 682. The van der Waals surface area contributed by atoms with Crippen molar-refractivity contribution in [3.63, 3.8) is 0 Å². The van der Waals surface area contributed by atoms with Gasteiger partial charge in [0.05, 0.1) is 6.61 Å². The first-order valence-electron chi connectivity index (χ1n) is 7.42. The minimum Gasteiger partial charge on any atom is -0.493 e. The molecule has 1 aliphatic rings. The SMILES string of the molecule is CN(C)c1cccc(C(=O)NCC2COc3ccccc32)c1. The standard InChI is InChI=1S/C18H20N2O2/c1-20(2)15-7-5-6-13(10-15)18(21)19-11-14-12-22-17-9-4-3-8-16(14)17/h3-10,14H,11-12H2,1-2H3,(H,19,21). The quantitative estimate of drug-likeness (QED) is 0.943. The molecule has 1 N–H and O–H groups in total. The van der Waals surface area contributed by atoms with Crippen LogP contribution < -0.4 is 15.0 Å². The molecule has 0 fully saturated rings. The number of carbonyl (C=O) groups excluding carboxylic acids is 1. The van der Waals surface area contributed by atoms with Crippen molar-refractivity contribution in [2.24, 2.45) is 0 Å². The van der Waals surface area contributed by atoms with Crippen molar-refractivity contribution in [2.45, 2.75) is 5.92 Å². The largest absolute Gasteiger partial charge is 0.493 e. The summed E-state index contributed by atoms with van der Waals surface area (Å²) in [4.78, 5) is 14.3. The summed E-state index contributed by atoms with van der Waals surface area (Å²) in [6, 6.07) is 15.6. The van der Waals surface area contributed by atoms with E-state index in [9.17, 15) is 4.79 Å². The lowest BCUT2D eigenvalue weighted by atomic mass is 10.0. The van der Waals surface area contributed by atoms with Gasteiger partial charge in [0.15, 0.2) is 0 Å². The molecule has 1 unspecified atom stereocenters. The fourth-order valence-electron chi connectivity index (χ4n) is 2.64. The number of rotatable bonds is 4.